The van der Waals surface area contributed by atoms with Gasteiger partial charge in [0.2, 0.25) is 47.3 Å². The van der Waals surface area contributed by atoms with E-state index in [1.54, 1.807) is 30.3 Å². The number of carbonyl (C=O) groups excluding carboxylic acids is 8. The highest BCUT2D eigenvalue weighted by Crippen LogP contribution is 2.09. The number of nitrogens with two attached hydrogens (primary N) is 3. The van der Waals surface area contributed by atoms with Crippen molar-refractivity contribution in [3.05, 3.63) is 35.9 Å². The van der Waals surface area contributed by atoms with Crippen LogP contribution in [0.4, 0.5) is 0 Å². The van der Waals surface area contributed by atoms with E-state index in [9.17, 15) is 83.4 Å². The second-order valence-electron chi connectivity index (χ2n) is 16.0. The zero-order chi connectivity index (χ0) is 53.4. The molecule has 0 aliphatic rings. The van der Waals surface area contributed by atoms with E-state index in [4.69, 9.17) is 17.2 Å². The number of aliphatic imine (C=N–C) groups is 1. The number of aliphatic hydroxyl groups is 3. The van der Waals surface area contributed by atoms with Crippen molar-refractivity contribution in [2.45, 2.75) is 133 Å². The Morgan fingerprint density at radius 3 is 1.44 bits per heavy atom. The molecule has 1 aromatic rings. The van der Waals surface area contributed by atoms with Gasteiger partial charge in [0, 0.05) is 19.4 Å². The molecule has 29 nitrogen and oxygen atoms in total. The van der Waals surface area contributed by atoms with Crippen LogP contribution in [0.15, 0.2) is 35.3 Å². The third kappa shape index (κ3) is 22.5. The Labute approximate surface area is 400 Å². The van der Waals surface area contributed by atoms with Gasteiger partial charge < -0.3 is 90.4 Å². The van der Waals surface area contributed by atoms with E-state index in [-0.39, 0.29) is 31.8 Å². The van der Waals surface area contributed by atoms with Gasteiger partial charge in [-0.05, 0) is 52.5 Å². The first kappa shape index (κ1) is 60.5. The number of amides is 8. The van der Waals surface area contributed by atoms with Crippen molar-refractivity contribution in [2.75, 3.05) is 13.1 Å². The molecule has 0 saturated heterocycles. The van der Waals surface area contributed by atoms with Gasteiger partial charge in [0.05, 0.1) is 37.3 Å². The number of nitrogens with one attached hydrogen (secondary N) is 8. The first-order valence-electron chi connectivity index (χ1n) is 21.6. The largest absolute Gasteiger partial charge is 0.481 e. The zero-order valence-electron chi connectivity index (χ0n) is 38.7. The third-order valence-electron chi connectivity index (χ3n) is 9.81. The van der Waals surface area contributed by atoms with E-state index < -0.39 is 158 Å². The standard InChI is InChI=1S/C41H64N12O17/c1-18(42)33(62)46-17-27(57)47-23(12-13-28(58)59)34(63)51-31(20(3)55)38(67)49-25(15-22-9-6-5-7-10-22)35(64)52-32(21(4)56)39(68)50-26(16-29(60)61)36(65)53-30(19(2)54)37(66)48-24(40(69)70)11-8-14-45-41(43)44/h5-7,9-10,18-21,23-26,30-32,54-56H,8,11-17,42H2,1-4H3,(H,46,62)(H,47,57)(H,48,66)(H,49,67)(H,50,68)(H,51,63)(H,52,64)(H,53,65)(H,58,59)(H,60,61)(H,69,70)(H4,43,44,45)/t18-,19+,20+,21+,23-,24-,25-,26-,30-,31-,32-/m0/s1. The quantitative estimate of drug-likeness (QED) is 0.0187. The lowest BCUT2D eigenvalue weighted by atomic mass is 10.0. The summed E-state index contributed by atoms with van der Waals surface area (Å²) < 4.78 is 0. The van der Waals surface area contributed by atoms with Crippen molar-refractivity contribution in [1.82, 2.24) is 42.5 Å². The number of carbonyl (C=O) groups is 11. The van der Waals surface area contributed by atoms with Crippen LogP contribution >= 0.6 is 0 Å². The van der Waals surface area contributed by atoms with Gasteiger partial charge >= 0.3 is 17.9 Å². The predicted molar refractivity (Wildman–Crippen MR) is 242 cm³/mol. The molecule has 0 unspecified atom stereocenters. The van der Waals surface area contributed by atoms with Crippen LogP contribution in [0, 0.1) is 0 Å². The Kier molecular flexibility index (Phi) is 26.0. The van der Waals surface area contributed by atoms with Crippen molar-refractivity contribution < 1.29 is 83.4 Å². The highest BCUT2D eigenvalue weighted by atomic mass is 16.4. The molecule has 390 valence electrons. The highest BCUT2D eigenvalue weighted by molar-refractivity contribution is 5.99. The number of hydrogen-bond acceptors (Lipinski definition) is 16. The van der Waals surface area contributed by atoms with Crippen molar-refractivity contribution in [1.29, 1.82) is 0 Å². The van der Waals surface area contributed by atoms with Gasteiger partial charge in [0.1, 0.15) is 42.3 Å². The summed E-state index contributed by atoms with van der Waals surface area (Å²) >= 11 is 0. The molecular formula is C41H64N12O17. The van der Waals surface area contributed by atoms with E-state index in [1.807, 2.05) is 0 Å². The maximum Gasteiger partial charge on any atom is 0.326 e. The molecule has 29 heteroatoms. The summed E-state index contributed by atoms with van der Waals surface area (Å²) in [5, 5.41) is 77.6. The van der Waals surface area contributed by atoms with Gasteiger partial charge in [-0.15, -0.1) is 0 Å². The van der Waals surface area contributed by atoms with Crippen LogP contribution < -0.4 is 59.7 Å². The normalized spacial score (nSPS) is 15.6. The summed E-state index contributed by atoms with van der Waals surface area (Å²) in [7, 11) is 0. The van der Waals surface area contributed by atoms with Gasteiger partial charge in [-0.2, -0.15) is 0 Å². The van der Waals surface area contributed by atoms with Crippen molar-refractivity contribution in [3.63, 3.8) is 0 Å². The predicted octanol–water partition coefficient (Wildman–Crippen LogP) is -7.29. The Bertz CT molecular complexity index is 2030. The molecule has 8 amide bonds. The summed E-state index contributed by atoms with van der Waals surface area (Å²) in [6, 6.07) is -5.93. The van der Waals surface area contributed by atoms with E-state index in [0.29, 0.717) is 5.56 Å². The molecule has 11 atom stereocenters. The van der Waals surface area contributed by atoms with Crippen LogP contribution in [0.1, 0.15) is 65.4 Å². The number of guanidine groups is 1. The molecule has 0 spiro atoms. The molecule has 0 radical (unpaired) electrons. The van der Waals surface area contributed by atoms with Crippen LogP contribution in [0.2, 0.25) is 0 Å². The average Bonchev–Trinajstić information content (AvgIpc) is 3.26. The number of hydrogen-bond donors (Lipinski definition) is 17. The monoisotopic (exact) mass is 996 g/mol. The third-order valence-corrected chi connectivity index (χ3v) is 9.81. The molecule has 0 aromatic heterocycles. The minimum absolute atomic E-state index is 0.00162. The van der Waals surface area contributed by atoms with Gasteiger partial charge in [0.15, 0.2) is 5.96 Å². The van der Waals surface area contributed by atoms with Gasteiger partial charge in [-0.1, -0.05) is 30.3 Å². The Hall–Kier alpha value is -7.50. The topological polar surface area (TPSA) is 496 Å². The molecule has 1 aromatic carbocycles. The first-order chi connectivity index (χ1) is 32.6. The molecule has 20 N–H and O–H groups in total. The lowest BCUT2D eigenvalue weighted by molar-refractivity contribution is -0.144. The number of aliphatic carboxylic acids is 3. The molecule has 0 heterocycles. The van der Waals surface area contributed by atoms with E-state index >= 15 is 0 Å². The molecule has 0 saturated carbocycles. The molecular weight excluding hydrogens is 933 g/mol. The lowest BCUT2D eigenvalue weighted by Crippen LogP contribution is -2.63. The summed E-state index contributed by atoms with van der Waals surface area (Å²) in [5.74, 6) is -14.0. The summed E-state index contributed by atoms with van der Waals surface area (Å²) in [6.45, 7) is 3.81. The first-order valence-corrected chi connectivity index (χ1v) is 21.6. The van der Waals surface area contributed by atoms with Crippen LogP contribution in [0.25, 0.3) is 0 Å². The number of rotatable bonds is 31. The van der Waals surface area contributed by atoms with Crippen LogP contribution in [-0.4, -0.2) is 182 Å². The van der Waals surface area contributed by atoms with Crippen LogP contribution in [-0.2, 0) is 59.2 Å². The maximum atomic E-state index is 14.0. The van der Waals surface area contributed by atoms with E-state index in [0.717, 1.165) is 20.8 Å². The average molecular weight is 997 g/mol. The lowest BCUT2D eigenvalue weighted by Gasteiger charge is -2.29. The van der Waals surface area contributed by atoms with Gasteiger partial charge in [-0.25, -0.2) is 4.79 Å². The fourth-order valence-electron chi connectivity index (χ4n) is 6.08. The van der Waals surface area contributed by atoms with E-state index in [2.05, 4.69) is 47.5 Å². The number of aliphatic hydroxyl groups excluding tert-OH is 3. The SMILES string of the molecule is C[C@H](N)C(=O)NCC(=O)N[C@@H](CCC(=O)O)C(=O)N[C@H](C(=O)N[C@@H](Cc1ccccc1)C(=O)N[C@H](C(=O)N[C@@H](CC(=O)O)C(=O)N[C@H](C(=O)N[C@@H](CCCN=C(N)N)C(=O)O)[C@@H](C)O)[C@@H](C)O)[C@@H](C)O. The molecule has 0 aliphatic carbocycles. The second-order valence-corrected chi connectivity index (χ2v) is 16.0. The Morgan fingerprint density at radius 1 is 0.557 bits per heavy atom. The number of benzene rings is 1. The maximum absolute atomic E-state index is 14.0. The molecule has 0 fully saturated rings. The molecule has 70 heavy (non-hydrogen) atoms. The van der Waals surface area contributed by atoms with E-state index in [1.165, 1.54) is 6.92 Å². The van der Waals surface area contributed by atoms with Gasteiger partial charge in [-0.3, -0.25) is 52.9 Å². The number of carboxylic acid groups (broad SMARTS) is 3. The minimum atomic E-state index is -2.07. The van der Waals surface area contributed by atoms with Crippen LogP contribution in [0.5, 0.6) is 0 Å². The fourth-order valence-corrected chi connectivity index (χ4v) is 6.08. The molecule has 0 aliphatic heterocycles. The second kappa shape index (κ2) is 30.1. The number of carboxylic acids is 3. The summed E-state index contributed by atoms with van der Waals surface area (Å²) in [6.07, 6.45) is -8.07. The van der Waals surface area contributed by atoms with Crippen LogP contribution in [0.3, 0.4) is 0 Å². The number of nitrogens with zero attached hydrogens (tertiary/aromatic N) is 1. The van der Waals surface area contributed by atoms with Crippen molar-refractivity contribution in [3.8, 4) is 0 Å². The summed E-state index contributed by atoms with van der Waals surface area (Å²) in [4.78, 5) is 145. The molecule has 1 rings (SSSR count). The van der Waals surface area contributed by atoms with Crippen molar-refractivity contribution >= 4 is 71.1 Å². The molecule has 0 bridgehead atoms. The van der Waals surface area contributed by atoms with Crippen molar-refractivity contribution in [2.24, 2.45) is 22.2 Å². The summed E-state index contributed by atoms with van der Waals surface area (Å²) in [5.41, 5.74) is 16.4. The highest BCUT2D eigenvalue weighted by Gasteiger charge is 2.38. The zero-order valence-corrected chi connectivity index (χ0v) is 38.7. The Morgan fingerprint density at radius 2 is 1.01 bits per heavy atom. The smallest absolute Gasteiger partial charge is 0.326 e. The fraction of sp³-hybridized carbons (Fsp3) is 0.561. The Balaban J connectivity index is 3.41. The van der Waals surface area contributed by atoms with Gasteiger partial charge in [0.25, 0.3) is 0 Å². The minimum Gasteiger partial charge on any atom is -0.481 e.